The second-order valence-corrected chi connectivity index (χ2v) is 4.54. The third kappa shape index (κ3) is 3.60. The van der Waals surface area contributed by atoms with E-state index in [4.69, 9.17) is 4.74 Å². The third-order valence-corrected chi connectivity index (χ3v) is 2.75. The van der Waals surface area contributed by atoms with Crippen LogP contribution in [-0.4, -0.2) is 20.9 Å². The number of carbonyl (C=O) groups excluding carboxylic acids is 1. The smallest absolute Gasteiger partial charge is 0.345 e. The molecule has 0 saturated heterocycles. The fraction of sp³-hybridized carbons (Fsp3) is 0.214. The van der Waals surface area contributed by atoms with Gasteiger partial charge in [0.15, 0.2) is 0 Å². The summed E-state index contributed by atoms with van der Waals surface area (Å²) in [7, 11) is 0. The first-order valence-electron chi connectivity index (χ1n) is 6.29. The van der Waals surface area contributed by atoms with Crippen LogP contribution in [-0.2, 0) is 11.3 Å². The van der Waals surface area contributed by atoms with Crippen molar-refractivity contribution < 1.29 is 18.8 Å². The summed E-state index contributed by atoms with van der Waals surface area (Å²) >= 11 is 0. The Kier molecular flexibility index (Phi) is 4.40. The van der Waals surface area contributed by atoms with E-state index in [1.807, 2.05) is 0 Å². The van der Waals surface area contributed by atoms with Crippen LogP contribution in [0.15, 0.2) is 24.3 Å². The first-order valence-corrected chi connectivity index (χ1v) is 6.29. The highest BCUT2D eigenvalue weighted by Gasteiger charge is 2.22. The maximum absolute atomic E-state index is 13.0. The predicted molar refractivity (Wildman–Crippen MR) is 73.7 cm³/mol. The molecule has 0 fully saturated rings. The fourth-order valence-electron chi connectivity index (χ4n) is 1.91. The summed E-state index contributed by atoms with van der Waals surface area (Å²) in [5, 5.41) is 10.9. The number of nitro groups is 1. The molecule has 114 valence electrons. The average molecular weight is 305 g/mol. The first kappa shape index (κ1) is 15.5. The molecule has 0 amide bonds. The van der Waals surface area contributed by atoms with Gasteiger partial charge in [-0.3, -0.25) is 10.1 Å². The van der Waals surface area contributed by atoms with Crippen LogP contribution in [0, 0.1) is 29.8 Å². The Labute approximate surface area is 124 Å². The lowest BCUT2D eigenvalue weighted by Gasteiger charge is -2.06. The Morgan fingerprint density at radius 1 is 1.32 bits per heavy atom. The molecule has 0 radical (unpaired) electrons. The van der Waals surface area contributed by atoms with Crippen molar-refractivity contribution in [2.45, 2.75) is 20.5 Å². The number of halogens is 1. The van der Waals surface area contributed by atoms with Gasteiger partial charge in [0.1, 0.15) is 23.8 Å². The van der Waals surface area contributed by atoms with E-state index >= 15 is 0 Å². The average Bonchev–Trinajstić information content (AvgIpc) is 2.43. The zero-order valence-corrected chi connectivity index (χ0v) is 11.9. The molecule has 1 aromatic carbocycles. The minimum absolute atomic E-state index is 0.155. The lowest BCUT2D eigenvalue weighted by atomic mass is 10.2. The summed E-state index contributed by atoms with van der Waals surface area (Å²) in [6.07, 6.45) is 0. The zero-order valence-electron chi connectivity index (χ0n) is 11.9. The first-order chi connectivity index (χ1) is 10.4. The number of benzene rings is 1. The Morgan fingerprint density at radius 3 is 2.68 bits per heavy atom. The quantitative estimate of drug-likeness (QED) is 0.489. The largest absolute Gasteiger partial charge is 0.455 e. The fourth-order valence-corrected chi connectivity index (χ4v) is 1.91. The van der Waals surface area contributed by atoms with Crippen LogP contribution >= 0.6 is 0 Å². The Bertz CT molecular complexity index is 729. The molecule has 8 heteroatoms. The van der Waals surface area contributed by atoms with Crippen molar-refractivity contribution in [1.29, 1.82) is 0 Å². The second-order valence-electron chi connectivity index (χ2n) is 4.54. The molecular weight excluding hydrogens is 293 g/mol. The Balaban J connectivity index is 2.17. The summed E-state index contributed by atoms with van der Waals surface area (Å²) < 4.78 is 18.0. The number of ether oxygens (including phenoxy) is 1. The summed E-state index contributed by atoms with van der Waals surface area (Å²) in [6, 6.07) is 4.30. The Hall–Kier alpha value is -2.90. The van der Waals surface area contributed by atoms with Crippen LogP contribution in [0.2, 0.25) is 0 Å². The van der Waals surface area contributed by atoms with Gasteiger partial charge in [0.2, 0.25) is 0 Å². The van der Waals surface area contributed by atoms with E-state index in [-0.39, 0.29) is 12.2 Å². The normalized spacial score (nSPS) is 10.3. The number of carbonyl (C=O) groups is 1. The van der Waals surface area contributed by atoms with Crippen molar-refractivity contribution in [2.75, 3.05) is 0 Å². The van der Waals surface area contributed by atoms with Gasteiger partial charge >= 0.3 is 5.97 Å². The van der Waals surface area contributed by atoms with Crippen molar-refractivity contribution >= 4 is 11.7 Å². The van der Waals surface area contributed by atoms with Gasteiger partial charge < -0.3 is 4.74 Å². The van der Waals surface area contributed by atoms with Crippen molar-refractivity contribution in [1.82, 2.24) is 9.97 Å². The van der Waals surface area contributed by atoms with Gasteiger partial charge in [0.05, 0.1) is 16.7 Å². The highest BCUT2D eigenvalue weighted by atomic mass is 19.1. The number of hydrogen-bond acceptors (Lipinski definition) is 6. The van der Waals surface area contributed by atoms with Gasteiger partial charge in [-0.25, -0.2) is 19.2 Å². The van der Waals surface area contributed by atoms with E-state index in [1.165, 1.54) is 0 Å². The molecule has 7 nitrogen and oxygen atoms in total. The number of nitrogens with zero attached hydrogens (tertiary/aromatic N) is 3. The van der Waals surface area contributed by atoms with E-state index in [2.05, 4.69) is 9.97 Å². The van der Waals surface area contributed by atoms with Gasteiger partial charge in [0, 0.05) is 5.69 Å². The topological polar surface area (TPSA) is 95.2 Å². The number of esters is 1. The molecule has 2 aromatic rings. The number of aromatic nitrogens is 2. The summed E-state index contributed by atoms with van der Waals surface area (Å²) in [6.45, 7) is 3.31. The van der Waals surface area contributed by atoms with E-state index in [0.717, 1.165) is 12.1 Å². The lowest BCUT2D eigenvalue weighted by Crippen LogP contribution is -2.10. The van der Waals surface area contributed by atoms with Gasteiger partial charge in [0.25, 0.3) is 5.69 Å². The second kappa shape index (κ2) is 6.25. The van der Waals surface area contributed by atoms with E-state index < -0.39 is 22.4 Å². The third-order valence-electron chi connectivity index (χ3n) is 2.75. The molecule has 1 heterocycles. The summed E-state index contributed by atoms with van der Waals surface area (Å²) in [4.78, 5) is 30.1. The van der Waals surface area contributed by atoms with E-state index in [0.29, 0.717) is 23.3 Å². The van der Waals surface area contributed by atoms with E-state index in [1.54, 1.807) is 19.9 Å². The molecule has 0 saturated carbocycles. The molecule has 0 spiro atoms. The Morgan fingerprint density at radius 2 is 2.05 bits per heavy atom. The van der Waals surface area contributed by atoms with Crippen molar-refractivity contribution in [2.24, 2.45) is 0 Å². The number of rotatable bonds is 4. The van der Waals surface area contributed by atoms with Crippen LogP contribution in [0.4, 0.5) is 10.1 Å². The minimum atomic E-state index is -0.916. The van der Waals surface area contributed by atoms with Crippen molar-refractivity contribution in [3.05, 3.63) is 63.0 Å². The van der Waals surface area contributed by atoms with Crippen molar-refractivity contribution in [3.8, 4) is 0 Å². The molecule has 0 aliphatic carbocycles. The molecule has 0 unspecified atom stereocenters. The molecule has 0 aliphatic rings. The van der Waals surface area contributed by atoms with Gasteiger partial charge in [-0.05, 0) is 32.0 Å². The molecule has 2 rings (SSSR count). The minimum Gasteiger partial charge on any atom is -0.455 e. The number of hydrogen-bond donors (Lipinski definition) is 0. The molecule has 0 bridgehead atoms. The van der Waals surface area contributed by atoms with Gasteiger partial charge in [-0.1, -0.05) is 0 Å². The molecule has 0 atom stereocenters. The van der Waals surface area contributed by atoms with Gasteiger partial charge in [-0.15, -0.1) is 0 Å². The van der Waals surface area contributed by atoms with Crippen LogP contribution in [0.3, 0.4) is 0 Å². The highest BCUT2D eigenvalue weighted by molar-refractivity contribution is 5.93. The van der Waals surface area contributed by atoms with Crippen molar-refractivity contribution in [3.63, 3.8) is 0 Å². The van der Waals surface area contributed by atoms with E-state index in [9.17, 15) is 19.3 Å². The molecule has 1 aromatic heterocycles. The lowest BCUT2D eigenvalue weighted by molar-refractivity contribution is -0.385. The predicted octanol–water partition coefficient (Wildman–Crippen LogP) is 2.50. The van der Waals surface area contributed by atoms with Crippen LogP contribution in [0.1, 0.15) is 27.6 Å². The van der Waals surface area contributed by atoms with Crippen LogP contribution in [0.25, 0.3) is 0 Å². The molecule has 0 N–H and O–H groups in total. The van der Waals surface area contributed by atoms with Crippen LogP contribution < -0.4 is 0 Å². The number of nitro benzene ring substituents is 1. The summed E-state index contributed by atoms with van der Waals surface area (Å²) in [5.74, 6) is -1.19. The maximum Gasteiger partial charge on any atom is 0.345 e. The number of aryl methyl sites for hydroxylation is 2. The monoisotopic (exact) mass is 305 g/mol. The molecular formula is C14H12FN3O4. The van der Waals surface area contributed by atoms with Gasteiger partial charge in [-0.2, -0.15) is 0 Å². The summed E-state index contributed by atoms with van der Waals surface area (Å²) in [5.41, 5.74) is 0.239. The zero-order chi connectivity index (χ0) is 16.3. The standard InChI is InChI=1S/C14H12FN3O4/c1-8-5-11(17-9(2)16-8)7-22-14(19)12-4-3-10(15)6-13(12)18(20)21/h3-6H,7H2,1-2H3. The van der Waals surface area contributed by atoms with Crippen LogP contribution in [0.5, 0.6) is 0 Å². The maximum atomic E-state index is 13.0. The SMILES string of the molecule is Cc1cc(COC(=O)c2ccc(F)cc2[N+](=O)[O-])nc(C)n1. The highest BCUT2D eigenvalue weighted by Crippen LogP contribution is 2.21. The molecule has 0 aliphatic heterocycles. The molecule has 22 heavy (non-hydrogen) atoms.